The number of thiophene rings is 1. The molecule has 1 aliphatic heterocycles. The van der Waals surface area contributed by atoms with Crippen molar-refractivity contribution in [2.75, 3.05) is 39.8 Å². The summed E-state index contributed by atoms with van der Waals surface area (Å²) in [5, 5.41) is 3.70. The van der Waals surface area contributed by atoms with Gasteiger partial charge >= 0.3 is 0 Å². The predicted octanol–water partition coefficient (Wildman–Crippen LogP) is 2.80. The van der Waals surface area contributed by atoms with E-state index < -0.39 is 0 Å². The summed E-state index contributed by atoms with van der Waals surface area (Å²) in [7, 11) is 2.20. The molecule has 1 saturated heterocycles. The SMILES string of the molecule is C[C@@H](CN1CCN(C)CC1)N[C@H](C)c1ccc(Br)s1. The zero-order valence-corrected chi connectivity index (χ0v) is 14.4. The molecule has 108 valence electrons. The van der Waals surface area contributed by atoms with Gasteiger partial charge < -0.3 is 10.2 Å². The van der Waals surface area contributed by atoms with E-state index in [4.69, 9.17) is 0 Å². The quantitative estimate of drug-likeness (QED) is 0.885. The average Bonchev–Trinajstić information content (AvgIpc) is 2.79. The van der Waals surface area contributed by atoms with Gasteiger partial charge in [-0.05, 0) is 49.0 Å². The minimum atomic E-state index is 0.429. The van der Waals surface area contributed by atoms with Gasteiger partial charge in [0, 0.05) is 49.7 Å². The molecule has 1 N–H and O–H groups in total. The molecule has 19 heavy (non-hydrogen) atoms. The van der Waals surface area contributed by atoms with Gasteiger partial charge in [-0.25, -0.2) is 0 Å². The Morgan fingerprint density at radius 2 is 1.95 bits per heavy atom. The molecule has 0 unspecified atom stereocenters. The summed E-state index contributed by atoms with van der Waals surface area (Å²) in [4.78, 5) is 6.37. The maximum atomic E-state index is 3.70. The molecule has 1 aromatic rings. The van der Waals surface area contributed by atoms with Crippen LogP contribution >= 0.6 is 27.3 Å². The molecule has 3 nitrogen and oxygen atoms in total. The van der Waals surface area contributed by atoms with Crippen LogP contribution in [0, 0.1) is 0 Å². The molecule has 0 bridgehead atoms. The Hall–Kier alpha value is 0.0600. The topological polar surface area (TPSA) is 18.5 Å². The summed E-state index contributed by atoms with van der Waals surface area (Å²) in [6.07, 6.45) is 0. The molecule has 2 atom stereocenters. The van der Waals surface area contributed by atoms with Crippen molar-refractivity contribution in [3.05, 3.63) is 20.8 Å². The molecular weight excluding hydrogens is 322 g/mol. The lowest BCUT2D eigenvalue weighted by Gasteiger charge is -2.34. The number of nitrogens with one attached hydrogen (secondary N) is 1. The molecule has 0 spiro atoms. The first-order valence-corrected chi connectivity index (χ1v) is 8.57. The number of rotatable bonds is 5. The van der Waals surface area contributed by atoms with Gasteiger partial charge in [-0.1, -0.05) is 0 Å². The lowest BCUT2D eigenvalue weighted by molar-refractivity contribution is 0.142. The zero-order valence-electron chi connectivity index (χ0n) is 12.0. The smallest absolute Gasteiger partial charge is 0.0701 e. The van der Waals surface area contributed by atoms with Crippen molar-refractivity contribution in [3.63, 3.8) is 0 Å². The standard InChI is InChI=1S/C14H24BrN3S/c1-11(10-18-8-6-17(3)7-9-18)16-12(2)13-4-5-14(15)19-13/h4-5,11-12,16H,6-10H2,1-3H3/t11-,12+/m0/s1. The van der Waals surface area contributed by atoms with Gasteiger partial charge in [-0.15, -0.1) is 11.3 Å². The molecule has 1 aliphatic rings. The van der Waals surface area contributed by atoms with Crippen molar-refractivity contribution >= 4 is 27.3 Å². The molecule has 2 rings (SSSR count). The summed E-state index contributed by atoms with van der Waals surface area (Å²) in [5.74, 6) is 0. The monoisotopic (exact) mass is 345 g/mol. The van der Waals surface area contributed by atoms with Crippen LogP contribution in [-0.2, 0) is 0 Å². The predicted molar refractivity (Wildman–Crippen MR) is 87.0 cm³/mol. The number of halogens is 1. The first kappa shape index (κ1) is 15.4. The van der Waals surface area contributed by atoms with E-state index in [1.54, 1.807) is 0 Å². The maximum absolute atomic E-state index is 3.70. The molecule has 1 fully saturated rings. The fraction of sp³-hybridized carbons (Fsp3) is 0.714. The molecular formula is C14H24BrN3S. The minimum Gasteiger partial charge on any atom is -0.306 e. The lowest BCUT2D eigenvalue weighted by atomic mass is 10.2. The first-order valence-electron chi connectivity index (χ1n) is 6.97. The fourth-order valence-electron chi connectivity index (χ4n) is 2.54. The highest BCUT2D eigenvalue weighted by molar-refractivity contribution is 9.11. The molecule has 5 heteroatoms. The Bertz CT molecular complexity index is 388. The third-order valence-corrected chi connectivity index (χ3v) is 5.49. The number of piperazine rings is 1. The van der Waals surface area contributed by atoms with E-state index in [0.29, 0.717) is 12.1 Å². The van der Waals surface area contributed by atoms with Crippen LogP contribution in [-0.4, -0.2) is 55.6 Å². The van der Waals surface area contributed by atoms with E-state index in [0.717, 1.165) is 6.54 Å². The third-order valence-electron chi connectivity index (χ3n) is 3.68. The van der Waals surface area contributed by atoms with Crippen molar-refractivity contribution in [2.24, 2.45) is 0 Å². The largest absolute Gasteiger partial charge is 0.306 e. The number of hydrogen-bond donors (Lipinski definition) is 1. The van der Waals surface area contributed by atoms with Crippen LogP contribution < -0.4 is 5.32 Å². The third kappa shape index (κ3) is 4.83. The van der Waals surface area contributed by atoms with Crippen molar-refractivity contribution in [1.82, 2.24) is 15.1 Å². The highest BCUT2D eigenvalue weighted by Gasteiger charge is 2.17. The van der Waals surface area contributed by atoms with E-state index in [1.807, 2.05) is 11.3 Å². The highest BCUT2D eigenvalue weighted by Crippen LogP contribution is 2.27. The Kier molecular flexibility index (Phi) is 5.84. The first-order chi connectivity index (χ1) is 9.04. The Morgan fingerprint density at radius 3 is 2.53 bits per heavy atom. The zero-order chi connectivity index (χ0) is 13.8. The molecule has 0 aliphatic carbocycles. The second kappa shape index (κ2) is 7.18. The van der Waals surface area contributed by atoms with E-state index in [-0.39, 0.29) is 0 Å². The van der Waals surface area contributed by atoms with Crippen molar-refractivity contribution < 1.29 is 0 Å². The highest BCUT2D eigenvalue weighted by atomic mass is 79.9. The molecule has 0 radical (unpaired) electrons. The summed E-state index contributed by atoms with van der Waals surface area (Å²) < 4.78 is 1.21. The average molecular weight is 346 g/mol. The number of nitrogens with zero attached hydrogens (tertiary/aromatic N) is 2. The summed E-state index contributed by atoms with van der Waals surface area (Å²) in [6, 6.07) is 5.29. The maximum Gasteiger partial charge on any atom is 0.0701 e. The van der Waals surface area contributed by atoms with Gasteiger partial charge in [0.05, 0.1) is 3.79 Å². The minimum absolute atomic E-state index is 0.429. The van der Waals surface area contributed by atoms with Crippen LogP contribution in [0.2, 0.25) is 0 Å². The van der Waals surface area contributed by atoms with E-state index in [2.05, 4.69) is 64.1 Å². The second-order valence-electron chi connectivity index (χ2n) is 5.54. The van der Waals surface area contributed by atoms with Gasteiger partial charge in [-0.3, -0.25) is 4.90 Å². The lowest BCUT2D eigenvalue weighted by Crippen LogP contribution is -2.49. The number of likely N-dealkylation sites (N-methyl/N-ethyl adjacent to an activating group) is 1. The van der Waals surface area contributed by atoms with Gasteiger partial charge in [0.2, 0.25) is 0 Å². The molecule has 2 heterocycles. The normalized spacial score (nSPS) is 21.5. The molecule has 0 saturated carbocycles. The van der Waals surface area contributed by atoms with Crippen LogP contribution in [0.1, 0.15) is 24.8 Å². The summed E-state index contributed by atoms with van der Waals surface area (Å²) in [5.41, 5.74) is 0. The number of hydrogen-bond acceptors (Lipinski definition) is 4. The van der Waals surface area contributed by atoms with Crippen molar-refractivity contribution in [2.45, 2.75) is 25.9 Å². The van der Waals surface area contributed by atoms with Crippen molar-refractivity contribution in [3.8, 4) is 0 Å². The molecule has 0 amide bonds. The van der Waals surface area contributed by atoms with Crippen molar-refractivity contribution in [1.29, 1.82) is 0 Å². The van der Waals surface area contributed by atoms with Crippen LogP contribution in [0.5, 0.6) is 0 Å². The van der Waals surface area contributed by atoms with E-state index in [9.17, 15) is 0 Å². The van der Waals surface area contributed by atoms with E-state index >= 15 is 0 Å². The Labute approximate surface area is 129 Å². The Balaban J connectivity index is 1.76. The summed E-state index contributed by atoms with van der Waals surface area (Å²) >= 11 is 5.35. The van der Waals surface area contributed by atoms with Gasteiger partial charge in [0.1, 0.15) is 0 Å². The molecule has 1 aromatic heterocycles. The van der Waals surface area contributed by atoms with Crippen LogP contribution in [0.3, 0.4) is 0 Å². The van der Waals surface area contributed by atoms with Crippen LogP contribution in [0.25, 0.3) is 0 Å². The van der Waals surface area contributed by atoms with Gasteiger partial charge in [0.25, 0.3) is 0 Å². The Morgan fingerprint density at radius 1 is 1.26 bits per heavy atom. The fourth-order valence-corrected chi connectivity index (χ4v) is 3.98. The van der Waals surface area contributed by atoms with Crippen LogP contribution in [0.15, 0.2) is 15.9 Å². The van der Waals surface area contributed by atoms with Gasteiger partial charge in [-0.2, -0.15) is 0 Å². The summed E-state index contributed by atoms with van der Waals surface area (Å²) in [6.45, 7) is 10.5. The second-order valence-corrected chi connectivity index (χ2v) is 8.03. The van der Waals surface area contributed by atoms with E-state index in [1.165, 1.54) is 34.8 Å². The van der Waals surface area contributed by atoms with Crippen LogP contribution in [0.4, 0.5) is 0 Å². The van der Waals surface area contributed by atoms with Gasteiger partial charge in [0.15, 0.2) is 0 Å². The molecule has 0 aromatic carbocycles.